The van der Waals surface area contributed by atoms with E-state index in [4.69, 9.17) is 9.47 Å². The number of hydrogen-bond acceptors (Lipinski definition) is 3. The molecule has 43 heavy (non-hydrogen) atoms. The smallest absolute Gasteiger partial charge is 0.0606 e. The maximum Gasteiger partial charge on any atom is 0.0606 e. The van der Waals surface area contributed by atoms with Crippen LogP contribution in [-0.4, -0.2) is 36.9 Å². The predicted molar refractivity (Wildman–Crippen MR) is 189 cm³/mol. The van der Waals surface area contributed by atoms with Crippen LogP contribution in [0.2, 0.25) is 0 Å². The Morgan fingerprint density at radius 1 is 0.395 bits per heavy atom. The van der Waals surface area contributed by atoms with Crippen molar-refractivity contribution >= 4 is 11.8 Å². The third kappa shape index (κ3) is 14.7. The van der Waals surface area contributed by atoms with E-state index in [1.807, 2.05) is 0 Å². The minimum absolute atomic E-state index is 0.608. The average molecular weight is 619 g/mol. The van der Waals surface area contributed by atoms with Gasteiger partial charge in [0.05, 0.1) is 12.2 Å². The van der Waals surface area contributed by atoms with Gasteiger partial charge in [0.2, 0.25) is 0 Å². The Morgan fingerprint density at radius 3 is 1.14 bits per heavy atom. The van der Waals surface area contributed by atoms with Gasteiger partial charge in [-0.2, -0.15) is 11.8 Å². The summed E-state index contributed by atoms with van der Waals surface area (Å²) >= 11 is 2.23. The van der Waals surface area contributed by atoms with Crippen LogP contribution in [-0.2, 0) is 9.47 Å². The molecular formula is C40H74O2S. The minimum Gasteiger partial charge on any atom is -0.378 e. The minimum atomic E-state index is 0.608. The van der Waals surface area contributed by atoms with E-state index >= 15 is 0 Å². The molecule has 0 N–H and O–H groups in total. The lowest BCUT2D eigenvalue weighted by atomic mass is 9.74. The second kappa shape index (κ2) is 23.6. The first kappa shape index (κ1) is 36.1. The molecule has 0 aromatic carbocycles. The summed E-state index contributed by atoms with van der Waals surface area (Å²) in [5.74, 6) is 6.51. The van der Waals surface area contributed by atoms with Crippen LogP contribution >= 0.6 is 11.8 Å². The lowest BCUT2D eigenvalue weighted by Crippen LogP contribution is -2.29. The van der Waals surface area contributed by atoms with Gasteiger partial charge in [0.1, 0.15) is 0 Å². The number of hydrogen-bond donors (Lipinski definition) is 0. The van der Waals surface area contributed by atoms with E-state index in [2.05, 4.69) is 11.8 Å². The summed E-state index contributed by atoms with van der Waals surface area (Å²) in [6.07, 6.45) is 44.7. The fourth-order valence-corrected chi connectivity index (χ4v) is 10.5. The Hall–Kier alpha value is 0.270. The molecule has 0 bridgehead atoms. The molecule has 0 aromatic heterocycles. The predicted octanol–water partition coefficient (Wildman–Crippen LogP) is 12.7. The largest absolute Gasteiger partial charge is 0.378 e. The monoisotopic (exact) mass is 619 g/mol. The highest BCUT2D eigenvalue weighted by Crippen LogP contribution is 2.40. The van der Waals surface area contributed by atoms with Gasteiger partial charge in [-0.1, -0.05) is 141 Å². The molecule has 0 radical (unpaired) electrons. The lowest BCUT2D eigenvalue weighted by Gasteiger charge is -2.34. The van der Waals surface area contributed by atoms with Crippen molar-refractivity contribution in [2.75, 3.05) is 24.7 Å². The third-order valence-corrected chi connectivity index (χ3v) is 13.2. The zero-order valence-electron chi connectivity index (χ0n) is 28.7. The molecule has 3 heteroatoms. The van der Waals surface area contributed by atoms with Gasteiger partial charge in [0.25, 0.3) is 0 Å². The Bertz CT molecular complexity index is 576. The topological polar surface area (TPSA) is 18.5 Å². The van der Waals surface area contributed by atoms with E-state index in [1.54, 1.807) is 0 Å². The van der Waals surface area contributed by atoms with Gasteiger partial charge in [-0.25, -0.2) is 0 Å². The maximum atomic E-state index is 6.19. The van der Waals surface area contributed by atoms with E-state index in [1.165, 1.54) is 204 Å². The molecule has 0 amide bonds. The maximum absolute atomic E-state index is 6.19. The van der Waals surface area contributed by atoms with E-state index in [0.717, 1.165) is 36.9 Å². The molecule has 4 unspecified atom stereocenters. The summed E-state index contributed by atoms with van der Waals surface area (Å²) in [7, 11) is 0. The Morgan fingerprint density at radius 2 is 0.767 bits per heavy atom. The molecule has 4 atom stereocenters. The van der Waals surface area contributed by atoms with E-state index in [9.17, 15) is 0 Å². The van der Waals surface area contributed by atoms with Crippen LogP contribution in [0.3, 0.4) is 0 Å². The fourth-order valence-electron chi connectivity index (χ4n) is 9.49. The fraction of sp³-hybridized carbons (Fsp3) is 1.00. The van der Waals surface area contributed by atoms with Crippen LogP contribution in [0.1, 0.15) is 193 Å². The van der Waals surface area contributed by atoms with Gasteiger partial charge in [0.15, 0.2) is 0 Å². The quantitative estimate of drug-likeness (QED) is 0.100. The molecule has 4 rings (SSSR count). The summed E-state index contributed by atoms with van der Waals surface area (Å²) in [6.45, 7) is 2.06. The molecule has 2 aliphatic carbocycles. The van der Waals surface area contributed by atoms with Crippen LogP contribution in [0.15, 0.2) is 0 Å². The number of thioether (sulfide) groups is 1. The molecule has 2 aliphatic heterocycles. The van der Waals surface area contributed by atoms with Crippen LogP contribution in [0.4, 0.5) is 0 Å². The van der Waals surface area contributed by atoms with E-state index in [0.29, 0.717) is 12.2 Å². The second-order valence-corrected chi connectivity index (χ2v) is 16.6. The lowest BCUT2D eigenvalue weighted by molar-refractivity contribution is 0.0232. The number of rotatable bonds is 24. The van der Waals surface area contributed by atoms with Crippen LogP contribution < -0.4 is 0 Å². The van der Waals surface area contributed by atoms with E-state index in [-0.39, 0.29) is 0 Å². The van der Waals surface area contributed by atoms with Gasteiger partial charge >= 0.3 is 0 Å². The molecule has 0 aromatic rings. The molecule has 2 saturated carbocycles. The zero-order valence-corrected chi connectivity index (χ0v) is 29.5. The molecule has 252 valence electrons. The van der Waals surface area contributed by atoms with Gasteiger partial charge in [-0.3, -0.25) is 0 Å². The van der Waals surface area contributed by atoms with Crippen molar-refractivity contribution in [3.8, 4) is 0 Å². The van der Waals surface area contributed by atoms with Crippen molar-refractivity contribution in [1.29, 1.82) is 0 Å². The first-order chi connectivity index (χ1) is 21.4. The standard InChI is InChI=1S/C40H74O2S/c1(3-7-17-27-37(39-29-21-31-41-39)35-23-13-11-14-24-35)5-9-19-33-43-34-20-10-6-2-4-8-18-28-38(40-30-22-32-42-40)36-25-15-12-16-26-36/h35-40H,1-34H2. The summed E-state index contributed by atoms with van der Waals surface area (Å²) in [6, 6.07) is 0. The Balaban J connectivity index is 0.878. The highest BCUT2D eigenvalue weighted by Gasteiger charge is 2.33. The molecule has 2 nitrogen and oxygen atoms in total. The number of unbranched alkanes of at least 4 members (excludes halogenated alkanes) is 12. The van der Waals surface area contributed by atoms with Crippen LogP contribution in [0, 0.1) is 23.7 Å². The van der Waals surface area contributed by atoms with Gasteiger partial charge in [-0.05, 0) is 86.5 Å². The van der Waals surface area contributed by atoms with Crippen molar-refractivity contribution in [3.05, 3.63) is 0 Å². The average Bonchev–Trinajstić information content (AvgIpc) is 3.78. The summed E-state index contributed by atoms with van der Waals surface area (Å²) < 4.78 is 12.4. The van der Waals surface area contributed by atoms with E-state index < -0.39 is 0 Å². The zero-order chi connectivity index (χ0) is 29.6. The van der Waals surface area contributed by atoms with Crippen molar-refractivity contribution in [2.24, 2.45) is 23.7 Å². The molecule has 2 saturated heterocycles. The summed E-state index contributed by atoms with van der Waals surface area (Å²) in [4.78, 5) is 0. The van der Waals surface area contributed by atoms with Gasteiger partial charge in [0, 0.05) is 13.2 Å². The van der Waals surface area contributed by atoms with Crippen molar-refractivity contribution < 1.29 is 9.47 Å². The molecule has 4 aliphatic rings. The molecule has 4 fully saturated rings. The van der Waals surface area contributed by atoms with Crippen molar-refractivity contribution in [1.82, 2.24) is 0 Å². The van der Waals surface area contributed by atoms with Crippen molar-refractivity contribution in [2.45, 2.75) is 205 Å². The highest BCUT2D eigenvalue weighted by atomic mass is 32.2. The SMILES string of the molecule is C(CCCCSCCCCCCCCCC(C1CCCCC1)C1CCCO1)CCCCC(C1CCCCC1)C1CCCO1. The second-order valence-electron chi connectivity index (χ2n) is 15.4. The summed E-state index contributed by atoms with van der Waals surface area (Å²) in [5, 5.41) is 0. The molecular weight excluding hydrogens is 545 g/mol. The van der Waals surface area contributed by atoms with Crippen molar-refractivity contribution in [3.63, 3.8) is 0 Å². The Labute approximate surface area is 273 Å². The third-order valence-electron chi connectivity index (χ3n) is 12.0. The highest BCUT2D eigenvalue weighted by molar-refractivity contribution is 7.99. The molecule has 2 heterocycles. The van der Waals surface area contributed by atoms with Crippen LogP contribution in [0.25, 0.3) is 0 Å². The first-order valence-corrected chi connectivity index (χ1v) is 21.4. The Kier molecular flexibility index (Phi) is 19.8. The normalized spacial score (nSPS) is 25.4. The first-order valence-electron chi connectivity index (χ1n) is 20.2. The number of ether oxygens (including phenoxy) is 2. The van der Waals surface area contributed by atoms with Crippen LogP contribution in [0.5, 0.6) is 0 Å². The van der Waals surface area contributed by atoms with Gasteiger partial charge < -0.3 is 9.47 Å². The summed E-state index contributed by atoms with van der Waals surface area (Å²) in [5.41, 5.74) is 0. The van der Waals surface area contributed by atoms with Gasteiger partial charge in [-0.15, -0.1) is 0 Å². The molecule has 0 spiro atoms.